The van der Waals surface area contributed by atoms with Crippen molar-refractivity contribution in [3.8, 4) is 0 Å². The summed E-state index contributed by atoms with van der Waals surface area (Å²) in [4.78, 5) is 19.9. The van der Waals surface area contributed by atoms with Crippen molar-refractivity contribution < 1.29 is 18.0 Å². The minimum absolute atomic E-state index is 0.0238. The summed E-state index contributed by atoms with van der Waals surface area (Å²) in [5.74, 6) is 0. The molecule has 2 amide bonds. The number of hydrogen-bond acceptors (Lipinski definition) is 4. The van der Waals surface area contributed by atoms with E-state index in [0.717, 1.165) is 28.7 Å². The number of anilines is 1. The van der Waals surface area contributed by atoms with E-state index in [0.29, 0.717) is 23.6 Å². The molecule has 1 saturated heterocycles. The molecule has 0 bridgehead atoms. The van der Waals surface area contributed by atoms with Crippen LogP contribution in [0.1, 0.15) is 39.5 Å². The van der Waals surface area contributed by atoms with Crippen molar-refractivity contribution in [1.82, 2.24) is 15.2 Å². The van der Waals surface area contributed by atoms with E-state index in [2.05, 4.69) is 10.3 Å². The summed E-state index contributed by atoms with van der Waals surface area (Å²) in [6.45, 7) is 5.77. The number of benzene rings is 1. The van der Waals surface area contributed by atoms with Crippen LogP contribution in [0.5, 0.6) is 0 Å². The molecule has 0 spiro atoms. The molecule has 1 aromatic heterocycles. The number of alkyl halides is 3. The number of halogens is 3. The largest absolute Gasteiger partial charge is 0.389 e. The van der Waals surface area contributed by atoms with E-state index in [1.807, 2.05) is 36.9 Å². The first-order valence-corrected chi connectivity index (χ1v) is 11.4. The molecule has 1 fully saturated rings. The molecule has 5 nitrogen and oxygen atoms in total. The molecule has 0 radical (unpaired) electrons. The van der Waals surface area contributed by atoms with Crippen LogP contribution in [0.25, 0.3) is 10.2 Å². The van der Waals surface area contributed by atoms with Gasteiger partial charge in [0.15, 0.2) is 3.95 Å². The first-order chi connectivity index (χ1) is 14.1. The Morgan fingerprint density at radius 1 is 1.37 bits per heavy atom. The van der Waals surface area contributed by atoms with Crippen LogP contribution in [0.15, 0.2) is 18.2 Å². The Kier molecular flexibility index (Phi) is 7.41. The maximum Gasteiger partial charge on any atom is 0.389 e. The molecule has 1 aliphatic heterocycles. The van der Waals surface area contributed by atoms with Crippen LogP contribution in [0.3, 0.4) is 0 Å². The number of fused-ring (bicyclic) bond motifs is 1. The fourth-order valence-electron chi connectivity index (χ4n) is 3.78. The molecule has 0 saturated carbocycles. The van der Waals surface area contributed by atoms with Gasteiger partial charge in [0.05, 0.1) is 10.2 Å². The number of H-pyrrole nitrogens is 1. The van der Waals surface area contributed by atoms with Crippen LogP contribution in [0.4, 0.5) is 23.7 Å². The van der Waals surface area contributed by atoms with E-state index >= 15 is 0 Å². The smallest absolute Gasteiger partial charge is 0.337 e. The van der Waals surface area contributed by atoms with Gasteiger partial charge in [-0.15, -0.1) is 11.3 Å². The lowest BCUT2D eigenvalue weighted by Gasteiger charge is -2.34. The number of carbonyl (C=O) groups excluding carboxylic acids is 1. The first-order valence-electron chi connectivity index (χ1n) is 10.1. The van der Waals surface area contributed by atoms with Crippen molar-refractivity contribution in [2.45, 2.75) is 57.8 Å². The highest BCUT2D eigenvalue weighted by Crippen LogP contribution is 2.27. The summed E-state index contributed by atoms with van der Waals surface area (Å²) in [7, 11) is 0. The fourth-order valence-corrected chi connectivity index (χ4v) is 4.93. The molecule has 2 aromatic rings. The van der Waals surface area contributed by atoms with E-state index in [-0.39, 0.29) is 24.5 Å². The van der Waals surface area contributed by atoms with Gasteiger partial charge in [-0.2, -0.15) is 13.2 Å². The molecule has 10 heteroatoms. The number of nitrogens with one attached hydrogen (secondary N) is 2. The van der Waals surface area contributed by atoms with E-state index in [9.17, 15) is 18.0 Å². The predicted molar refractivity (Wildman–Crippen MR) is 118 cm³/mol. The van der Waals surface area contributed by atoms with Gasteiger partial charge in [-0.05, 0) is 70.1 Å². The summed E-state index contributed by atoms with van der Waals surface area (Å²) in [6, 6.07) is 5.64. The number of likely N-dealkylation sites (tertiary alicyclic amines) is 1. The van der Waals surface area contributed by atoms with E-state index in [1.54, 1.807) is 4.90 Å². The molecular formula is C20H27F3N4OS2. The van der Waals surface area contributed by atoms with Gasteiger partial charge in [-0.25, -0.2) is 4.79 Å². The average Bonchev–Trinajstić information content (AvgIpc) is 3.01. The highest BCUT2D eigenvalue weighted by molar-refractivity contribution is 7.73. The molecule has 30 heavy (non-hydrogen) atoms. The fraction of sp³-hybridized carbons (Fsp3) is 0.600. The predicted octanol–water partition coefficient (Wildman–Crippen LogP) is 5.69. The van der Waals surface area contributed by atoms with Crippen molar-refractivity contribution in [3.05, 3.63) is 22.2 Å². The van der Waals surface area contributed by atoms with Gasteiger partial charge in [0.1, 0.15) is 0 Å². The lowest BCUT2D eigenvalue weighted by Crippen LogP contribution is -2.51. The average molecular weight is 461 g/mol. The third-order valence-electron chi connectivity index (χ3n) is 5.27. The zero-order chi connectivity index (χ0) is 21.9. The Morgan fingerprint density at radius 3 is 2.70 bits per heavy atom. The van der Waals surface area contributed by atoms with Crippen molar-refractivity contribution in [2.24, 2.45) is 0 Å². The molecule has 1 aromatic carbocycles. The second kappa shape index (κ2) is 9.65. The third-order valence-corrected chi connectivity index (χ3v) is 6.46. The molecule has 2 heterocycles. The number of rotatable bonds is 6. The number of amides is 2. The number of piperidine rings is 1. The second-order valence-corrected chi connectivity index (χ2v) is 9.66. The van der Waals surface area contributed by atoms with Crippen LogP contribution in [-0.4, -0.2) is 53.8 Å². The van der Waals surface area contributed by atoms with E-state index in [4.69, 9.17) is 12.2 Å². The molecule has 166 valence electrons. The minimum Gasteiger partial charge on any atom is -0.337 e. The van der Waals surface area contributed by atoms with Gasteiger partial charge in [0, 0.05) is 37.3 Å². The monoisotopic (exact) mass is 460 g/mol. The van der Waals surface area contributed by atoms with Gasteiger partial charge in [0.2, 0.25) is 0 Å². The van der Waals surface area contributed by atoms with Crippen LogP contribution in [-0.2, 0) is 0 Å². The topological polar surface area (TPSA) is 51.4 Å². The number of carbonyl (C=O) groups is 1. The number of aromatic nitrogens is 1. The third kappa shape index (κ3) is 6.18. The number of aromatic amines is 1. The van der Waals surface area contributed by atoms with Gasteiger partial charge in [0.25, 0.3) is 0 Å². The molecule has 3 rings (SSSR count). The van der Waals surface area contributed by atoms with Crippen LogP contribution < -0.4 is 10.2 Å². The Labute approximate surface area is 183 Å². The molecule has 2 N–H and O–H groups in total. The number of thiazole rings is 1. The maximum atomic E-state index is 13.0. The summed E-state index contributed by atoms with van der Waals surface area (Å²) in [5.41, 5.74) is 1.76. The van der Waals surface area contributed by atoms with Gasteiger partial charge >= 0.3 is 12.2 Å². The Hall–Kier alpha value is -1.65. The summed E-state index contributed by atoms with van der Waals surface area (Å²) in [5, 5.41) is 3.11. The van der Waals surface area contributed by atoms with Crippen molar-refractivity contribution in [3.63, 3.8) is 0 Å². The van der Waals surface area contributed by atoms with Crippen LogP contribution in [0.2, 0.25) is 0 Å². The second-order valence-electron chi connectivity index (χ2n) is 7.94. The molecule has 0 unspecified atom stereocenters. The molecule has 0 aliphatic carbocycles. The summed E-state index contributed by atoms with van der Waals surface area (Å²) < 4.78 is 38.6. The highest BCUT2D eigenvalue weighted by atomic mass is 32.1. The van der Waals surface area contributed by atoms with E-state index < -0.39 is 12.6 Å². The van der Waals surface area contributed by atoms with Gasteiger partial charge in [-0.1, -0.05) is 0 Å². The lowest BCUT2D eigenvalue weighted by molar-refractivity contribution is -0.136. The SMILES string of the molecule is CC(C)N(C(=O)NC1CCN(CCCC(F)(F)F)CC1)c1ccc2[nH]c(=S)sc2c1. The number of urea groups is 1. The Morgan fingerprint density at radius 2 is 2.07 bits per heavy atom. The number of hydrogen-bond donors (Lipinski definition) is 2. The zero-order valence-corrected chi connectivity index (χ0v) is 18.7. The molecule has 0 atom stereocenters. The Bertz CT molecular complexity index is 917. The van der Waals surface area contributed by atoms with Crippen LogP contribution in [0, 0.1) is 3.95 Å². The van der Waals surface area contributed by atoms with Crippen LogP contribution >= 0.6 is 23.6 Å². The van der Waals surface area contributed by atoms with E-state index in [1.165, 1.54) is 11.3 Å². The first kappa shape index (κ1) is 23.0. The Balaban J connectivity index is 1.56. The maximum absolute atomic E-state index is 13.0. The number of nitrogens with zero attached hydrogens (tertiary/aromatic N) is 2. The highest BCUT2D eigenvalue weighted by Gasteiger charge is 2.28. The van der Waals surface area contributed by atoms with Crippen molar-refractivity contribution in [2.75, 3.05) is 24.5 Å². The summed E-state index contributed by atoms with van der Waals surface area (Å²) >= 11 is 6.67. The normalized spacial score (nSPS) is 16.3. The standard InChI is InChI=1S/C20H27F3N4OS2/c1-13(2)27(15-4-5-16-17(12-15)30-19(29)25-16)18(28)24-14-6-10-26(11-7-14)9-3-8-20(21,22)23/h4-5,12-14H,3,6-11H2,1-2H3,(H,24,28)(H,25,29). The van der Waals surface area contributed by atoms with Gasteiger partial charge < -0.3 is 15.2 Å². The summed E-state index contributed by atoms with van der Waals surface area (Å²) in [6.07, 6.45) is -3.24. The zero-order valence-electron chi connectivity index (χ0n) is 17.1. The van der Waals surface area contributed by atoms with Crippen molar-refractivity contribution in [1.29, 1.82) is 0 Å². The lowest BCUT2D eigenvalue weighted by atomic mass is 10.0. The minimum atomic E-state index is -4.09. The quantitative estimate of drug-likeness (QED) is 0.545. The van der Waals surface area contributed by atoms with Gasteiger partial charge in [-0.3, -0.25) is 4.90 Å². The van der Waals surface area contributed by atoms with Crippen molar-refractivity contribution >= 4 is 45.5 Å². The molecule has 1 aliphatic rings. The molecular weight excluding hydrogens is 433 g/mol.